The van der Waals surface area contributed by atoms with Crippen molar-refractivity contribution in [3.63, 3.8) is 0 Å². The Hall–Kier alpha value is -0.500. The third-order valence-electron chi connectivity index (χ3n) is 1.28. The zero-order valence-electron chi connectivity index (χ0n) is 6.44. The lowest BCUT2D eigenvalue weighted by molar-refractivity contribution is 0.583. The SMILES string of the molecule is Cc1ncsc1CNS(N)(=O)=O. The number of aryl methyl sites for hydroxylation is 1. The molecule has 0 fully saturated rings. The fourth-order valence-corrected chi connectivity index (χ4v) is 1.82. The van der Waals surface area contributed by atoms with Crippen LogP contribution in [0.3, 0.4) is 0 Å². The summed E-state index contributed by atoms with van der Waals surface area (Å²) in [6.07, 6.45) is 0. The molecule has 1 aromatic rings. The van der Waals surface area contributed by atoms with E-state index in [2.05, 4.69) is 9.71 Å². The third-order valence-corrected chi connectivity index (χ3v) is 2.76. The lowest BCUT2D eigenvalue weighted by atomic mass is 10.4. The molecular weight excluding hydrogens is 198 g/mol. The van der Waals surface area contributed by atoms with Crippen LogP contribution in [0.25, 0.3) is 0 Å². The molecule has 1 aromatic heterocycles. The first-order valence-corrected chi connectivity index (χ1v) is 5.58. The van der Waals surface area contributed by atoms with Crippen LogP contribution in [0.4, 0.5) is 0 Å². The van der Waals surface area contributed by atoms with Gasteiger partial charge in [-0.2, -0.15) is 13.1 Å². The van der Waals surface area contributed by atoms with Gasteiger partial charge in [0.2, 0.25) is 0 Å². The van der Waals surface area contributed by atoms with Crippen molar-refractivity contribution in [2.45, 2.75) is 13.5 Å². The summed E-state index contributed by atoms with van der Waals surface area (Å²) in [6, 6.07) is 0. The summed E-state index contributed by atoms with van der Waals surface area (Å²) in [5, 5.41) is 4.75. The number of hydrogen-bond donors (Lipinski definition) is 2. The van der Waals surface area contributed by atoms with Crippen molar-refractivity contribution in [1.29, 1.82) is 0 Å². The maximum absolute atomic E-state index is 10.5. The smallest absolute Gasteiger partial charge is 0.250 e. The van der Waals surface area contributed by atoms with Crippen LogP contribution in [0.2, 0.25) is 0 Å². The monoisotopic (exact) mass is 207 g/mol. The second kappa shape index (κ2) is 3.48. The van der Waals surface area contributed by atoms with Gasteiger partial charge in [-0.05, 0) is 6.92 Å². The van der Waals surface area contributed by atoms with Gasteiger partial charge in [0.15, 0.2) is 0 Å². The van der Waals surface area contributed by atoms with Crippen LogP contribution in [0.15, 0.2) is 5.51 Å². The van der Waals surface area contributed by atoms with E-state index in [1.54, 1.807) is 5.51 Å². The summed E-state index contributed by atoms with van der Waals surface area (Å²) in [7, 11) is -3.59. The molecule has 68 valence electrons. The maximum Gasteiger partial charge on any atom is 0.274 e. The maximum atomic E-state index is 10.5. The first kappa shape index (κ1) is 9.59. The Morgan fingerprint density at radius 1 is 1.75 bits per heavy atom. The highest BCUT2D eigenvalue weighted by Gasteiger charge is 2.04. The van der Waals surface area contributed by atoms with Crippen molar-refractivity contribution in [1.82, 2.24) is 9.71 Å². The average Bonchev–Trinajstić information content (AvgIpc) is 2.29. The summed E-state index contributed by atoms with van der Waals surface area (Å²) in [5.41, 5.74) is 2.49. The van der Waals surface area contributed by atoms with Gasteiger partial charge in [0.05, 0.1) is 11.2 Å². The minimum Gasteiger partial charge on any atom is -0.250 e. The fourth-order valence-electron chi connectivity index (χ4n) is 0.662. The number of nitrogens with two attached hydrogens (primary N) is 1. The number of nitrogens with zero attached hydrogens (tertiary/aromatic N) is 1. The first-order chi connectivity index (χ1) is 5.49. The number of aromatic nitrogens is 1. The molecule has 0 bridgehead atoms. The van der Waals surface area contributed by atoms with Gasteiger partial charge in [-0.15, -0.1) is 11.3 Å². The van der Waals surface area contributed by atoms with Crippen LogP contribution in [0.5, 0.6) is 0 Å². The number of hydrogen-bond acceptors (Lipinski definition) is 4. The van der Waals surface area contributed by atoms with Gasteiger partial charge in [0, 0.05) is 11.4 Å². The molecule has 0 saturated heterocycles. The van der Waals surface area contributed by atoms with E-state index in [1.165, 1.54) is 11.3 Å². The normalized spacial score (nSPS) is 11.8. The second-order valence-corrected chi connectivity index (χ2v) is 4.55. The summed E-state index contributed by atoms with van der Waals surface area (Å²) in [6.45, 7) is 2.03. The van der Waals surface area contributed by atoms with Crippen molar-refractivity contribution in [3.8, 4) is 0 Å². The number of nitrogens with one attached hydrogen (secondary N) is 1. The molecule has 0 atom stereocenters. The quantitative estimate of drug-likeness (QED) is 0.716. The Balaban J connectivity index is 2.61. The van der Waals surface area contributed by atoms with Gasteiger partial charge < -0.3 is 0 Å². The van der Waals surface area contributed by atoms with Crippen molar-refractivity contribution in [2.24, 2.45) is 5.14 Å². The molecule has 7 heteroatoms. The first-order valence-electron chi connectivity index (χ1n) is 3.15. The van der Waals surface area contributed by atoms with Crippen LogP contribution in [-0.2, 0) is 16.8 Å². The number of rotatable bonds is 3. The van der Waals surface area contributed by atoms with Gasteiger partial charge in [0.1, 0.15) is 0 Å². The third kappa shape index (κ3) is 2.86. The molecule has 0 saturated carbocycles. The Kier molecular flexibility index (Phi) is 2.78. The summed E-state index contributed by atoms with van der Waals surface area (Å²) in [4.78, 5) is 4.84. The largest absolute Gasteiger partial charge is 0.274 e. The molecule has 0 spiro atoms. The molecule has 0 amide bonds. The van der Waals surface area contributed by atoms with E-state index in [4.69, 9.17) is 5.14 Å². The minimum atomic E-state index is -3.59. The van der Waals surface area contributed by atoms with Crippen LogP contribution in [0.1, 0.15) is 10.6 Å². The standard InChI is InChI=1S/C5H9N3O2S2/c1-4-5(11-3-7-4)2-8-12(6,9)10/h3,8H,2H2,1H3,(H2,6,9,10). The van der Waals surface area contributed by atoms with Crippen molar-refractivity contribution in [3.05, 3.63) is 16.1 Å². The van der Waals surface area contributed by atoms with Crippen molar-refractivity contribution < 1.29 is 8.42 Å². The summed E-state index contributed by atoms with van der Waals surface area (Å²) in [5.74, 6) is 0. The molecule has 3 N–H and O–H groups in total. The van der Waals surface area contributed by atoms with E-state index in [1.807, 2.05) is 6.92 Å². The molecule has 5 nitrogen and oxygen atoms in total. The Morgan fingerprint density at radius 3 is 2.83 bits per heavy atom. The van der Waals surface area contributed by atoms with Gasteiger partial charge in [-0.3, -0.25) is 0 Å². The predicted octanol–water partition coefficient (Wildman–Crippen LogP) is -0.255. The average molecular weight is 207 g/mol. The molecule has 0 aliphatic carbocycles. The molecule has 12 heavy (non-hydrogen) atoms. The van der Waals surface area contributed by atoms with Crippen LogP contribution >= 0.6 is 11.3 Å². The lowest BCUT2D eigenvalue weighted by Gasteiger charge is -1.98. The molecule has 0 radical (unpaired) electrons. The molecular formula is C5H9N3O2S2. The van der Waals surface area contributed by atoms with Gasteiger partial charge >= 0.3 is 0 Å². The lowest BCUT2D eigenvalue weighted by Crippen LogP contribution is -2.30. The Bertz CT molecular complexity index is 357. The van der Waals surface area contributed by atoms with E-state index < -0.39 is 10.2 Å². The molecule has 0 aromatic carbocycles. The van der Waals surface area contributed by atoms with Gasteiger partial charge in [0.25, 0.3) is 10.2 Å². The second-order valence-electron chi connectivity index (χ2n) is 2.23. The molecule has 1 heterocycles. The topological polar surface area (TPSA) is 85.1 Å². The van der Waals surface area contributed by atoms with E-state index >= 15 is 0 Å². The molecule has 1 rings (SSSR count). The van der Waals surface area contributed by atoms with Gasteiger partial charge in [-0.1, -0.05) is 0 Å². The van der Waals surface area contributed by atoms with Gasteiger partial charge in [-0.25, -0.2) is 10.1 Å². The van der Waals surface area contributed by atoms with Crippen molar-refractivity contribution in [2.75, 3.05) is 0 Å². The molecule has 0 aliphatic heterocycles. The predicted molar refractivity (Wildman–Crippen MR) is 46.8 cm³/mol. The van der Waals surface area contributed by atoms with E-state index in [0.29, 0.717) is 0 Å². The van der Waals surface area contributed by atoms with E-state index in [9.17, 15) is 8.42 Å². The van der Waals surface area contributed by atoms with E-state index in [-0.39, 0.29) is 6.54 Å². The highest BCUT2D eigenvalue weighted by Crippen LogP contribution is 2.11. The van der Waals surface area contributed by atoms with Crippen LogP contribution in [-0.4, -0.2) is 13.4 Å². The highest BCUT2D eigenvalue weighted by molar-refractivity contribution is 7.87. The highest BCUT2D eigenvalue weighted by atomic mass is 32.2. The van der Waals surface area contributed by atoms with Crippen LogP contribution < -0.4 is 9.86 Å². The van der Waals surface area contributed by atoms with E-state index in [0.717, 1.165) is 10.6 Å². The fraction of sp³-hybridized carbons (Fsp3) is 0.400. The molecule has 0 unspecified atom stereocenters. The summed E-state index contributed by atoms with van der Waals surface area (Å²) < 4.78 is 23.2. The summed E-state index contributed by atoms with van der Waals surface area (Å²) >= 11 is 1.40. The Morgan fingerprint density at radius 2 is 2.42 bits per heavy atom. The van der Waals surface area contributed by atoms with Crippen molar-refractivity contribution >= 4 is 21.5 Å². The van der Waals surface area contributed by atoms with Crippen LogP contribution in [0, 0.1) is 6.92 Å². The zero-order valence-corrected chi connectivity index (χ0v) is 8.08. The number of thiazole rings is 1. The Labute approximate surface area is 74.8 Å². The zero-order chi connectivity index (χ0) is 9.19. The minimum absolute atomic E-state index is 0.218. The molecule has 0 aliphatic rings.